The highest BCUT2D eigenvalue weighted by atomic mass is 32.2. The normalized spacial score (nSPS) is 24.2. The summed E-state index contributed by atoms with van der Waals surface area (Å²) in [6, 6.07) is 10.7. The van der Waals surface area contributed by atoms with Crippen molar-refractivity contribution in [1.29, 1.82) is 0 Å². The van der Waals surface area contributed by atoms with E-state index in [-0.39, 0.29) is 30.5 Å². The SMILES string of the molecule is CC(C)(O)c1cnnn1[C@H]1C[C@@H](C(=O)NC2(C(O)C(N)=O)CCCSC2)N(C(=O)[C@@H](CC2CCCCC2)NC(=O)c2ccc3ccccc3c2)C1. The number of amides is 4. The predicted octanol–water partition coefficient (Wildman–Crippen LogP) is 2.80. The number of primary amides is 1. The number of thioether (sulfide) groups is 1. The van der Waals surface area contributed by atoms with E-state index < -0.39 is 53.1 Å². The Morgan fingerprint density at radius 1 is 1.08 bits per heavy atom. The summed E-state index contributed by atoms with van der Waals surface area (Å²) < 4.78 is 1.56. The van der Waals surface area contributed by atoms with Crippen LogP contribution >= 0.6 is 11.8 Å². The third-order valence-corrected chi connectivity index (χ3v) is 12.1. The zero-order valence-corrected chi connectivity index (χ0v) is 30.1. The van der Waals surface area contributed by atoms with Crippen LogP contribution in [0.2, 0.25) is 0 Å². The maximum atomic E-state index is 14.8. The Morgan fingerprint density at radius 3 is 2.51 bits per heavy atom. The molecular formula is C37H49N7O6S. The Labute approximate surface area is 302 Å². The number of aromatic nitrogens is 3. The summed E-state index contributed by atoms with van der Waals surface area (Å²) in [6.45, 7) is 3.29. The molecule has 6 rings (SSSR count). The zero-order valence-electron chi connectivity index (χ0n) is 29.3. The van der Waals surface area contributed by atoms with Crippen molar-refractivity contribution in [3.05, 3.63) is 59.9 Å². The molecule has 3 aromatic rings. The number of fused-ring (bicyclic) bond motifs is 1. The molecule has 1 aliphatic carbocycles. The maximum absolute atomic E-state index is 14.8. The average Bonchev–Trinajstić information content (AvgIpc) is 3.80. The number of aliphatic hydroxyl groups is 2. The minimum Gasteiger partial charge on any atom is -0.384 e. The summed E-state index contributed by atoms with van der Waals surface area (Å²) in [5.41, 5.74) is 3.81. The third-order valence-electron chi connectivity index (χ3n) is 10.8. The fraction of sp³-hybridized carbons (Fsp3) is 0.568. The van der Waals surface area contributed by atoms with Crippen molar-refractivity contribution in [2.45, 2.75) is 107 Å². The molecule has 13 nitrogen and oxygen atoms in total. The van der Waals surface area contributed by atoms with E-state index in [1.807, 2.05) is 36.4 Å². The first-order valence-corrected chi connectivity index (χ1v) is 19.1. The molecule has 6 N–H and O–H groups in total. The van der Waals surface area contributed by atoms with E-state index >= 15 is 0 Å². The largest absolute Gasteiger partial charge is 0.384 e. The number of nitrogens with two attached hydrogens (primary N) is 1. The predicted molar refractivity (Wildman–Crippen MR) is 193 cm³/mol. The van der Waals surface area contributed by atoms with Crippen LogP contribution in [0, 0.1) is 5.92 Å². The fourth-order valence-corrected chi connectivity index (χ4v) is 9.22. The zero-order chi connectivity index (χ0) is 36.3. The fourth-order valence-electron chi connectivity index (χ4n) is 7.98. The Bertz CT molecular complexity index is 1750. The lowest BCUT2D eigenvalue weighted by Gasteiger charge is -2.41. The molecule has 5 atom stereocenters. The molecule has 2 unspecified atom stereocenters. The second kappa shape index (κ2) is 15.3. The van der Waals surface area contributed by atoms with Crippen molar-refractivity contribution in [2.24, 2.45) is 11.7 Å². The van der Waals surface area contributed by atoms with E-state index in [1.54, 1.807) is 24.6 Å². The molecule has 0 radical (unpaired) electrons. The van der Waals surface area contributed by atoms with Gasteiger partial charge in [0.2, 0.25) is 17.7 Å². The molecule has 3 aliphatic rings. The number of carbonyl (C=O) groups is 4. The van der Waals surface area contributed by atoms with Crippen LogP contribution in [0.3, 0.4) is 0 Å². The van der Waals surface area contributed by atoms with Crippen LogP contribution in [-0.2, 0) is 20.0 Å². The van der Waals surface area contributed by atoms with Crippen LogP contribution in [0.4, 0.5) is 0 Å². The van der Waals surface area contributed by atoms with E-state index in [4.69, 9.17) is 5.73 Å². The van der Waals surface area contributed by atoms with Crippen molar-refractivity contribution in [3.8, 4) is 0 Å². The van der Waals surface area contributed by atoms with Gasteiger partial charge in [0.1, 0.15) is 17.7 Å². The van der Waals surface area contributed by atoms with Crippen LogP contribution in [0.1, 0.15) is 93.7 Å². The molecule has 2 aliphatic heterocycles. The van der Waals surface area contributed by atoms with Gasteiger partial charge >= 0.3 is 0 Å². The first kappa shape index (κ1) is 36.8. The monoisotopic (exact) mass is 719 g/mol. The summed E-state index contributed by atoms with van der Waals surface area (Å²) >= 11 is 1.51. The number of likely N-dealkylation sites (tertiary alicyclic amines) is 1. The number of nitrogens with zero attached hydrogens (tertiary/aromatic N) is 4. The topological polar surface area (TPSA) is 193 Å². The van der Waals surface area contributed by atoms with Gasteiger partial charge in [-0.25, -0.2) is 4.68 Å². The van der Waals surface area contributed by atoms with Gasteiger partial charge in [-0.1, -0.05) is 67.6 Å². The Kier molecular flexibility index (Phi) is 11.0. The Hall–Kier alpha value is -4.01. The molecule has 1 saturated carbocycles. The maximum Gasteiger partial charge on any atom is 0.251 e. The van der Waals surface area contributed by atoms with Gasteiger partial charge in [-0.05, 0) is 67.7 Å². The van der Waals surface area contributed by atoms with Gasteiger partial charge in [-0.15, -0.1) is 5.10 Å². The van der Waals surface area contributed by atoms with E-state index in [0.29, 0.717) is 30.5 Å². The van der Waals surface area contributed by atoms with E-state index in [2.05, 4.69) is 20.9 Å². The number of aliphatic hydroxyl groups excluding tert-OH is 1. The quantitative estimate of drug-likeness (QED) is 0.198. The Balaban J connectivity index is 1.33. The molecule has 14 heteroatoms. The van der Waals surface area contributed by atoms with Gasteiger partial charge in [0, 0.05) is 24.3 Å². The van der Waals surface area contributed by atoms with Crippen LogP contribution in [-0.4, -0.2) is 95.5 Å². The van der Waals surface area contributed by atoms with Crippen molar-refractivity contribution >= 4 is 46.2 Å². The van der Waals surface area contributed by atoms with Crippen molar-refractivity contribution in [2.75, 3.05) is 18.1 Å². The smallest absolute Gasteiger partial charge is 0.251 e. The molecule has 1 aromatic heterocycles. The van der Waals surface area contributed by atoms with E-state index in [9.17, 15) is 29.4 Å². The summed E-state index contributed by atoms with van der Waals surface area (Å²) in [7, 11) is 0. The highest BCUT2D eigenvalue weighted by molar-refractivity contribution is 7.99. The molecule has 51 heavy (non-hydrogen) atoms. The first-order chi connectivity index (χ1) is 24.4. The van der Waals surface area contributed by atoms with Gasteiger partial charge in [0.05, 0.1) is 23.5 Å². The molecule has 4 amide bonds. The number of hydrogen-bond acceptors (Lipinski definition) is 9. The Morgan fingerprint density at radius 2 is 1.82 bits per heavy atom. The molecule has 274 valence electrons. The third kappa shape index (κ3) is 8.07. The number of rotatable bonds is 11. The number of benzene rings is 2. The number of nitrogens with one attached hydrogen (secondary N) is 2. The lowest BCUT2D eigenvalue weighted by atomic mass is 9.84. The molecule has 3 fully saturated rings. The highest BCUT2D eigenvalue weighted by Crippen LogP contribution is 2.35. The second-order valence-electron chi connectivity index (χ2n) is 15.0. The van der Waals surface area contributed by atoms with Crippen LogP contribution < -0.4 is 16.4 Å². The minimum atomic E-state index is -1.62. The molecule has 0 bridgehead atoms. The van der Waals surface area contributed by atoms with Gasteiger partial charge < -0.3 is 31.5 Å². The lowest BCUT2D eigenvalue weighted by molar-refractivity contribution is -0.142. The highest BCUT2D eigenvalue weighted by Gasteiger charge is 2.49. The van der Waals surface area contributed by atoms with Crippen molar-refractivity contribution < 1.29 is 29.4 Å². The average molecular weight is 720 g/mol. The molecule has 2 saturated heterocycles. The molecular weight excluding hydrogens is 671 g/mol. The molecule has 2 aromatic carbocycles. The van der Waals surface area contributed by atoms with Crippen LogP contribution in [0.15, 0.2) is 48.7 Å². The standard InChI is InChI=1S/C37H49N7O6S/c1-36(2,50)30-20-39-42-44(30)27-19-29(34(48)41-37(31(45)32(38)46)15-8-16-51-22-37)43(21-27)35(49)28(17-23-9-4-3-5-10-23)40-33(47)26-14-13-24-11-6-7-12-25(24)18-26/h6-7,11-14,18,20,23,27-29,31,45,50H,3-5,8-10,15-17,19,21-22H2,1-2H3,(H2,38,46)(H,40,47)(H,41,48)/t27-,28+,29-,31?,37?/m0/s1. The first-order valence-electron chi connectivity index (χ1n) is 18.0. The van der Waals surface area contributed by atoms with Gasteiger partial charge in [-0.2, -0.15) is 11.8 Å². The molecule has 0 spiro atoms. The molecule has 3 heterocycles. The number of hydrogen-bond donors (Lipinski definition) is 5. The summed E-state index contributed by atoms with van der Waals surface area (Å²) in [5.74, 6) is -0.927. The van der Waals surface area contributed by atoms with Crippen LogP contribution in [0.25, 0.3) is 10.8 Å². The lowest BCUT2D eigenvalue weighted by Crippen LogP contribution is -2.66. The number of carbonyl (C=O) groups excluding carboxylic acids is 4. The summed E-state index contributed by atoms with van der Waals surface area (Å²) in [4.78, 5) is 56.8. The van der Waals surface area contributed by atoms with Crippen LogP contribution in [0.5, 0.6) is 0 Å². The van der Waals surface area contributed by atoms with Gasteiger partial charge in [0.15, 0.2) is 6.10 Å². The minimum absolute atomic E-state index is 0.0660. The summed E-state index contributed by atoms with van der Waals surface area (Å²) in [6.07, 6.45) is 6.53. The van der Waals surface area contributed by atoms with E-state index in [0.717, 1.165) is 48.6 Å². The van der Waals surface area contributed by atoms with E-state index in [1.165, 1.54) is 22.9 Å². The van der Waals surface area contributed by atoms with Gasteiger partial charge in [0.25, 0.3) is 5.91 Å². The second-order valence-corrected chi connectivity index (χ2v) is 16.1. The van der Waals surface area contributed by atoms with Crippen molar-refractivity contribution in [1.82, 2.24) is 30.5 Å². The summed E-state index contributed by atoms with van der Waals surface area (Å²) in [5, 5.41) is 38.0. The van der Waals surface area contributed by atoms with Gasteiger partial charge in [-0.3, -0.25) is 19.2 Å². The van der Waals surface area contributed by atoms with Crippen molar-refractivity contribution in [3.63, 3.8) is 0 Å².